The summed E-state index contributed by atoms with van der Waals surface area (Å²) >= 11 is 0. The van der Waals surface area contributed by atoms with Crippen molar-refractivity contribution in [3.05, 3.63) is 34.6 Å². The lowest BCUT2D eigenvalue weighted by Crippen LogP contribution is -1.99. The minimum atomic E-state index is -0.443. The minimum absolute atomic E-state index is 0.158. The molecule has 1 aromatic carbocycles. The summed E-state index contributed by atoms with van der Waals surface area (Å²) in [6.45, 7) is 2.06. The lowest BCUT2D eigenvalue weighted by molar-refractivity contribution is 0.623. The standard InChI is InChI=1S/C13H13FN2/c1-2-3-4-13-10(5-6-15)7-12(14)8-11(13)9-16/h7-8H,2-5H2,1H3. The topological polar surface area (TPSA) is 47.6 Å². The number of hydrogen-bond acceptors (Lipinski definition) is 2. The Bertz CT molecular complexity index is 452. The Morgan fingerprint density at radius 1 is 1.31 bits per heavy atom. The number of nitriles is 2. The van der Waals surface area contributed by atoms with E-state index in [1.54, 1.807) is 0 Å². The van der Waals surface area contributed by atoms with Gasteiger partial charge in [0.1, 0.15) is 5.82 Å². The SMILES string of the molecule is CCCCc1c(C#N)cc(F)cc1CC#N. The van der Waals surface area contributed by atoms with E-state index in [2.05, 4.69) is 6.92 Å². The van der Waals surface area contributed by atoms with Gasteiger partial charge < -0.3 is 0 Å². The fourth-order valence-corrected chi connectivity index (χ4v) is 1.68. The highest BCUT2D eigenvalue weighted by atomic mass is 19.1. The van der Waals surface area contributed by atoms with E-state index in [-0.39, 0.29) is 6.42 Å². The molecule has 0 spiro atoms. The van der Waals surface area contributed by atoms with Gasteiger partial charge in [0.2, 0.25) is 0 Å². The molecule has 2 nitrogen and oxygen atoms in total. The first-order valence-corrected chi connectivity index (χ1v) is 5.31. The number of nitrogens with zero attached hydrogens (tertiary/aromatic N) is 2. The first kappa shape index (κ1) is 12.2. The van der Waals surface area contributed by atoms with Crippen LogP contribution in [0.2, 0.25) is 0 Å². The van der Waals surface area contributed by atoms with Crippen LogP contribution in [0, 0.1) is 28.5 Å². The van der Waals surface area contributed by atoms with E-state index < -0.39 is 5.82 Å². The first-order valence-electron chi connectivity index (χ1n) is 5.31. The average molecular weight is 216 g/mol. The smallest absolute Gasteiger partial charge is 0.124 e. The number of rotatable bonds is 4. The number of benzene rings is 1. The molecule has 0 N–H and O–H groups in total. The Hall–Kier alpha value is -1.87. The highest BCUT2D eigenvalue weighted by molar-refractivity contribution is 5.44. The van der Waals surface area contributed by atoms with Crippen LogP contribution in [0.25, 0.3) is 0 Å². The largest absolute Gasteiger partial charge is 0.207 e. The van der Waals surface area contributed by atoms with Crippen molar-refractivity contribution in [1.29, 1.82) is 10.5 Å². The van der Waals surface area contributed by atoms with Gasteiger partial charge in [-0.05, 0) is 36.1 Å². The van der Waals surface area contributed by atoms with E-state index in [1.807, 2.05) is 12.1 Å². The third-order valence-corrected chi connectivity index (χ3v) is 2.48. The average Bonchev–Trinajstić information content (AvgIpc) is 2.27. The molecule has 0 radical (unpaired) electrons. The maximum absolute atomic E-state index is 13.2. The summed E-state index contributed by atoms with van der Waals surface area (Å²) in [4.78, 5) is 0. The van der Waals surface area contributed by atoms with E-state index in [9.17, 15) is 4.39 Å². The summed E-state index contributed by atoms with van der Waals surface area (Å²) in [6, 6.07) is 6.60. The van der Waals surface area contributed by atoms with Gasteiger partial charge >= 0.3 is 0 Å². The molecule has 1 aromatic rings. The lowest BCUT2D eigenvalue weighted by atomic mass is 9.95. The molecular weight excluding hydrogens is 203 g/mol. The van der Waals surface area contributed by atoms with Gasteiger partial charge in [-0.15, -0.1) is 0 Å². The van der Waals surface area contributed by atoms with Crippen molar-refractivity contribution in [2.45, 2.75) is 32.6 Å². The zero-order valence-electron chi connectivity index (χ0n) is 9.26. The maximum Gasteiger partial charge on any atom is 0.124 e. The highest BCUT2D eigenvalue weighted by Crippen LogP contribution is 2.19. The quantitative estimate of drug-likeness (QED) is 0.776. The van der Waals surface area contributed by atoms with Crippen LogP contribution in [-0.2, 0) is 12.8 Å². The minimum Gasteiger partial charge on any atom is -0.207 e. The van der Waals surface area contributed by atoms with Gasteiger partial charge in [0.05, 0.1) is 24.1 Å². The van der Waals surface area contributed by atoms with Crippen molar-refractivity contribution in [3.8, 4) is 12.1 Å². The molecule has 0 saturated carbocycles. The first-order chi connectivity index (χ1) is 7.72. The Labute approximate surface area is 94.9 Å². The number of hydrogen-bond donors (Lipinski definition) is 0. The van der Waals surface area contributed by atoms with Gasteiger partial charge in [0, 0.05) is 0 Å². The highest BCUT2D eigenvalue weighted by Gasteiger charge is 2.10. The van der Waals surface area contributed by atoms with Crippen LogP contribution in [0.15, 0.2) is 12.1 Å². The van der Waals surface area contributed by atoms with E-state index in [0.29, 0.717) is 11.1 Å². The summed E-state index contributed by atoms with van der Waals surface area (Å²) in [5.74, 6) is -0.443. The predicted octanol–water partition coefficient (Wildman–Crippen LogP) is 3.11. The predicted molar refractivity (Wildman–Crippen MR) is 59.0 cm³/mol. The van der Waals surface area contributed by atoms with Gasteiger partial charge in [-0.1, -0.05) is 13.3 Å². The summed E-state index contributed by atoms with van der Waals surface area (Å²) < 4.78 is 13.2. The van der Waals surface area contributed by atoms with Crippen LogP contribution < -0.4 is 0 Å². The van der Waals surface area contributed by atoms with E-state index >= 15 is 0 Å². The van der Waals surface area contributed by atoms with Gasteiger partial charge in [-0.2, -0.15) is 10.5 Å². The second-order valence-corrected chi connectivity index (χ2v) is 3.64. The molecule has 0 fully saturated rings. The van der Waals surface area contributed by atoms with Gasteiger partial charge in [0.15, 0.2) is 0 Å². The Balaban J connectivity index is 3.18. The van der Waals surface area contributed by atoms with Crippen LogP contribution in [0.5, 0.6) is 0 Å². The van der Waals surface area contributed by atoms with E-state index in [1.165, 1.54) is 12.1 Å². The normalized spacial score (nSPS) is 9.50. The molecule has 16 heavy (non-hydrogen) atoms. The molecule has 0 aliphatic heterocycles. The second-order valence-electron chi connectivity index (χ2n) is 3.64. The third-order valence-electron chi connectivity index (χ3n) is 2.48. The monoisotopic (exact) mass is 216 g/mol. The van der Waals surface area contributed by atoms with Crippen LogP contribution >= 0.6 is 0 Å². The molecule has 3 heteroatoms. The Morgan fingerprint density at radius 3 is 2.62 bits per heavy atom. The number of unbranched alkanes of at least 4 members (excludes halogenated alkanes) is 1. The Kier molecular flexibility index (Phi) is 4.48. The summed E-state index contributed by atoms with van der Waals surface area (Å²) in [5.41, 5.74) is 1.83. The Morgan fingerprint density at radius 2 is 2.06 bits per heavy atom. The molecule has 0 bridgehead atoms. The van der Waals surface area contributed by atoms with Crippen molar-refractivity contribution < 1.29 is 4.39 Å². The van der Waals surface area contributed by atoms with Crippen LogP contribution in [0.1, 0.15) is 36.5 Å². The van der Waals surface area contributed by atoms with Crippen molar-refractivity contribution in [2.24, 2.45) is 0 Å². The zero-order valence-corrected chi connectivity index (χ0v) is 9.26. The van der Waals surface area contributed by atoms with Crippen molar-refractivity contribution in [2.75, 3.05) is 0 Å². The van der Waals surface area contributed by atoms with Crippen molar-refractivity contribution in [1.82, 2.24) is 0 Å². The molecule has 0 saturated heterocycles. The summed E-state index contributed by atoms with van der Waals surface area (Å²) in [6.07, 6.45) is 2.84. The van der Waals surface area contributed by atoms with Gasteiger partial charge in [-0.25, -0.2) is 4.39 Å². The molecule has 0 aliphatic rings. The molecule has 0 unspecified atom stereocenters. The molecule has 0 atom stereocenters. The van der Waals surface area contributed by atoms with Gasteiger partial charge in [-0.3, -0.25) is 0 Å². The molecule has 0 aromatic heterocycles. The molecule has 1 rings (SSSR count). The summed E-state index contributed by atoms with van der Waals surface area (Å²) in [7, 11) is 0. The molecule has 82 valence electrons. The fraction of sp³-hybridized carbons (Fsp3) is 0.385. The maximum atomic E-state index is 13.2. The van der Waals surface area contributed by atoms with E-state index in [0.717, 1.165) is 24.8 Å². The van der Waals surface area contributed by atoms with Crippen molar-refractivity contribution >= 4 is 0 Å². The molecular formula is C13H13FN2. The molecule has 0 heterocycles. The molecule has 0 amide bonds. The number of halogens is 1. The third kappa shape index (κ3) is 2.81. The van der Waals surface area contributed by atoms with Crippen LogP contribution in [-0.4, -0.2) is 0 Å². The van der Waals surface area contributed by atoms with Crippen molar-refractivity contribution in [3.63, 3.8) is 0 Å². The lowest BCUT2D eigenvalue weighted by Gasteiger charge is -2.08. The zero-order chi connectivity index (χ0) is 12.0. The van der Waals surface area contributed by atoms with Crippen LogP contribution in [0.4, 0.5) is 4.39 Å². The summed E-state index contributed by atoms with van der Waals surface area (Å²) in [5, 5.41) is 17.6. The fourth-order valence-electron chi connectivity index (χ4n) is 1.68. The van der Waals surface area contributed by atoms with Crippen LogP contribution in [0.3, 0.4) is 0 Å². The van der Waals surface area contributed by atoms with Gasteiger partial charge in [0.25, 0.3) is 0 Å². The van der Waals surface area contributed by atoms with E-state index in [4.69, 9.17) is 10.5 Å². The molecule has 0 aliphatic carbocycles. The second kappa shape index (κ2) is 5.88.